The average molecular weight is 276 g/mol. The molecule has 2 aromatic rings. The van der Waals surface area contributed by atoms with Crippen molar-refractivity contribution in [1.29, 1.82) is 0 Å². The van der Waals surface area contributed by atoms with Crippen LogP contribution < -0.4 is 10.1 Å². The zero-order chi connectivity index (χ0) is 14.5. The zero-order valence-electron chi connectivity index (χ0n) is 12.2. The highest BCUT2D eigenvalue weighted by atomic mass is 16.5. The lowest BCUT2D eigenvalue weighted by Crippen LogP contribution is -2.18. The largest absolute Gasteiger partial charge is 0.481 e. The number of nitrogens with zero attached hydrogens (tertiary/aromatic N) is 5. The van der Waals surface area contributed by atoms with Crippen molar-refractivity contribution in [3.63, 3.8) is 0 Å². The van der Waals surface area contributed by atoms with E-state index in [0.29, 0.717) is 17.6 Å². The number of hydrogen-bond acceptors (Lipinski definition) is 6. The third-order valence-electron chi connectivity index (χ3n) is 2.94. The van der Waals surface area contributed by atoms with Gasteiger partial charge in [-0.25, -0.2) is 15.0 Å². The molecule has 108 valence electrons. The fraction of sp³-hybridized carbons (Fsp3) is 0.538. The Bertz CT molecular complexity index is 553. The number of aromatic nitrogens is 5. The molecule has 0 unspecified atom stereocenters. The molecule has 2 heterocycles. The van der Waals surface area contributed by atoms with E-state index in [2.05, 4.69) is 39.2 Å². The van der Waals surface area contributed by atoms with E-state index in [9.17, 15) is 0 Å². The molecule has 1 atom stereocenters. The summed E-state index contributed by atoms with van der Waals surface area (Å²) >= 11 is 0. The van der Waals surface area contributed by atoms with Crippen LogP contribution in [0.2, 0.25) is 0 Å². The number of rotatable bonds is 6. The lowest BCUT2D eigenvalue weighted by Gasteiger charge is -2.20. The fourth-order valence-corrected chi connectivity index (χ4v) is 2.03. The van der Waals surface area contributed by atoms with Crippen LogP contribution in [0.4, 0.5) is 5.82 Å². The molecule has 2 rings (SSSR count). The van der Waals surface area contributed by atoms with Gasteiger partial charge in [0.25, 0.3) is 0 Å². The van der Waals surface area contributed by atoms with Gasteiger partial charge in [-0.3, -0.25) is 4.68 Å². The third-order valence-corrected chi connectivity index (χ3v) is 2.94. The first-order valence-corrected chi connectivity index (χ1v) is 6.56. The predicted octanol–water partition coefficient (Wildman–Crippen LogP) is 1.81. The normalized spacial score (nSPS) is 12.4. The van der Waals surface area contributed by atoms with Gasteiger partial charge >= 0.3 is 0 Å². The maximum absolute atomic E-state index is 5.11. The van der Waals surface area contributed by atoms with Crippen molar-refractivity contribution in [3.05, 3.63) is 24.5 Å². The third kappa shape index (κ3) is 3.43. The standard InChI is InChI=1S/C13H20N6O/c1-9(2)5-10(13-16-8-17-19(13)3)18-11-6-12(20-4)15-7-14-11/h6-10H,5H2,1-4H3,(H,14,15,18)/t10-/m1/s1. The Morgan fingerprint density at radius 1 is 1.25 bits per heavy atom. The summed E-state index contributed by atoms with van der Waals surface area (Å²) < 4.78 is 6.88. The molecule has 7 heteroatoms. The number of hydrogen-bond donors (Lipinski definition) is 1. The molecule has 0 aliphatic rings. The molecule has 7 nitrogen and oxygen atoms in total. The SMILES string of the molecule is COc1cc(N[C@H](CC(C)C)c2ncnn2C)ncn1. The molecule has 0 saturated carbocycles. The molecule has 0 bridgehead atoms. The maximum Gasteiger partial charge on any atom is 0.218 e. The molecule has 0 aliphatic carbocycles. The van der Waals surface area contributed by atoms with Crippen LogP contribution in [0.3, 0.4) is 0 Å². The van der Waals surface area contributed by atoms with Crippen molar-refractivity contribution in [2.75, 3.05) is 12.4 Å². The molecule has 2 aromatic heterocycles. The minimum Gasteiger partial charge on any atom is -0.481 e. The molecule has 0 saturated heterocycles. The second-order valence-corrected chi connectivity index (χ2v) is 5.01. The molecule has 20 heavy (non-hydrogen) atoms. The number of anilines is 1. The average Bonchev–Trinajstić information content (AvgIpc) is 2.84. The van der Waals surface area contributed by atoms with E-state index in [4.69, 9.17) is 4.74 Å². The summed E-state index contributed by atoms with van der Waals surface area (Å²) in [5, 5.41) is 7.50. The van der Waals surface area contributed by atoms with Crippen LogP contribution in [0.1, 0.15) is 32.1 Å². The Labute approximate surface area is 118 Å². The maximum atomic E-state index is 5.11. The summed E-state index contributed by atoms with van der Waals surface area (Å²) in [5.74, 6) is 2.65. The van der Waals surface area contributed by atoms with Crippen molar-refractivity contribution in [2.24, 2.45) is 13.0 Å². The molecule has 1 N–H and O–H groups in total. The van der Waals surface area contributed by atoms with Gasteiger partial charge in [0, 0.05) is 13.1 Å². The Morgan fingerprint density at radius 3 is 2.65 bits per heavy atom. The first-order valence-electron chi connectivity index (χ1n) is 6.56. The van der Waals surface area contributed by atoms with Gasteiger partial charge in [0.15, 0.2) is 0 Å². The Hall–Kier alpha value is -2.18. The highest BCUT2D eigenvalue weighted by Gasteiger charge is 2.18. The molecular weight excluding hydrogens is 256 g/mol. The van der Waals surface area contributed by atoms with Gasteiger partial charge < -0.3 is 10.1 Å². The van der Waals surface area contributed by atoms with E-state index < -0.39 is 0 Å². The number of ether oxygens (including phenoxy) is 1. The van der Waals surface area contributed by atoms with Crippen LogP contribution in [0.25, 0.3) is 0 Å². The zero-order valence-corrected chi connectivity index (χ0v) is 12.2. The minimum atomic E-state index is 0.0436. The van der Waals surface area contributed by atoms with E-state index in [1.165, 1.54) is 6.33 Å². The summed E-state index contributed by atoms with van der Waals surface area (Å²) in [6, 6.07) is 1.81. The van der Waals surface area contributed by atoms with Crippen LogP contribution in [-0.2, 0) is 7.05 Å². The van der Waals surface area contributed by atoms with Crippen LogP contribution in [0.5, 0.6) is 5.88 Å². The molecule has 0 spiro atoms. The smallest absolute Gasteiger partial charge is 0.218 e. The first-order chi connectivity index (χ1) is 9.60. The Morgan fingerprint density at radius 2 is 2.05 bits per heavy atom. The van der Waals surface area contributed by atoms with Crippen LogP contribution >= 0.6 is 0 Å². The van der Waals surface area contributed by atoms with Gasteiger partial charge in [-0.15, -0.1) is 0 Å². The Balaban J connectivity index is 2.21. The van der Waals surface area contributed by atoms with Crippen molar-refractivity contribution in [1.82, 2.24) is 24.7 Å². The highest BCUT2D eigenvalue weighted by Crippen LogP contribution is 2.24. The van der Waals surface area contributed by atoms with Gasteiger partial charge in [-0.1, -0.05) is 13.8 Å². The predicted molar refractivity (Wildman–Crippen MR) is 75.4 cm³/mol. The van der Waals surface area contributed by atoms with Gasteiger partial charge in [-0.05, 0) is 12.3 Å². The summed E-state index contributed by atoms with van der Waals surface area (Å²) in [4.78, 5) is 12.5. The topological polar surface area (TPSA) is 77.8 Å². The van der Waals surface area contributed by atoms with E-state index in [0.717, 1.165) is 12.2 Å². The summed E-state index contributed by atoms with van der Waals surface area (Å²) in [7, 11) is 3.47. The molecular formula is C13H20N6O. The second kappa shape index (κ2) is 6.31. The van der Waals surface area contributed by atoms with Crippen LogP contribution in [-0.4, -0.2) is 31.8 Å². The van der Waals surface area contributed by atoms with E-state index >= 15 is 0 Å². The van der Waals surface area contributed by atoms with E-state index in [1.807, 2.05) is 7.05 Å². The van der Waals surface area contributed by atoms with Crippen molar-refractivity contribution < 1.29 is 4.74 Å². The minimum absolute atomic E-state index is 0.0436. The number of methoxy groups -OCH3 is 1. The number of nitrogens with one attached hydrogen (secondary N) is 1. The lowest BCUT2D eigenvalue weighted by molar-refractivity contribution is 0.397. The van der Waals surface area contributed by atoms with Crippen molar-refractivity contribution in [2.45, 2.75) is 26.3 Å². The summed E-state index contributed by atoms with van der Waals surface area (Å²) in [6.45, 7) is 4.34. The second-order valence-electron chi connectivity index (χ2n) is 5.01. The van der Waals surface area contributed by atoms with Crippen molar-refractivity contribution in [3.8, 4) is 5.88 Å². The molecule has 0 aliphatic heterocycles. The van der Waals surface area contributed by atoms with E-state index in [1.54, 1.807) is 24.2 Å². The highest BCUT2D eigenvalue weighted by molar-refractivity contribution is 5.38. The van der Waals surface area contributed by atoms with Crippen LogP contribution in [0, 0.1) is 5.92 Å². The summed E-state index contributed by atoms with van der Waals surface area (Å²) in [5.41, 5.74) is 0. The van der Waals surface area contributed by atoms with Gasteiger partial charge in [-0.2, -0.15) is 5.10 Å². The van der Waals surface area contributed by atoms with Gasteiger partial charge in [0.05, 0.1) is 13.2 Å². The monoisotopic (exact) mass is 276 g/mol. The lowest BCUT2D eigenvalue weighted by atomic mass is 10.0. The Kier molecular flexibility index (Phi) is 4.49. The fourth-order valence-electron chi connectivity index (χ4n) is 2.03. The molecule has 0 aromatic carbocycles. The molecule has 0 radical (unpaired) electrons. The van der Waals surface area contributed by atoms with E-state index in [-0.39, 0.29) is 6.04 Å². The van der Waals surface area contributed by atoms with Crippen LogP contribution in [0.15, 0.2) is 18.7 Å². The molecule has 0 amide bonds. The first kappa shape index (κ1) is 14.2. The summed E-state index contributed by atoms with van der Waals surface area (Å²) in [6.07, 6.45) is 3.97. The van der Waals surface area contributed by atoms with Crippen molar-refractivity contribution >= 4 is 5.82 Å². The number of aryl methyl sites for hydroxylation is 1. The quantitative estimate of drug-likeness (QED) is 0.867. The van der Waals surface area contributed by atoms with Gasteiger partial charge in [0.2, 0.25) is 5.88 Å². The van der Waals surface area contributed by atoms with Gasteiger partial charge in [0.1, 0.15) is 24.3 Å². The molecule has 0 fully saturated rings.